The maximum absolute atomic E-state index is 8.70. The molecule has 1 aromatic carbocycles. The van der Waals surface area contributed by atoms with Gasteiger partial charge in [-0.2, -0.15) is 4.98 Å². The van der Waals surface area contributed by atoms with Gasteiger partial charge in [0.05, 0.1) is 0 Å². The number of aromatic nitrogens is 2. The number of rotatable bonds is 5. The van der Waals surface area contributed by atoms with Crippen LogP contribution in [0.3, 0.4) is 0 Å². The average Bonchev–Trinajstić information content (AvgIpc) is 2.74. The molecule has 17 heavy (non-hydrogen) atoms. The second-order valence-electron chi connectivity index (χ2n) is 3.74. The van der Waals surface area contributed by atoms with Crippen molar-refractivity contribution in [3.63, 3.8) is 0 Å². The first-order valence-corrected chi connectivity index (χ1v) is 5.82. The zero-order chi connectivity index (χ0) is 12.1. The molecule has 2 aromatic rings. The molecule has 1 N–H and O–H groups in total. The maximum atomic E-state index is 8.70. The summed E-state index contributed by atoms with van der Waals surface area (Å²) in [6.45, 7) is 0.131. The third-order valence-electron chi connectivity index (χ3n) is 2.31. The van der Waals surface area contributed by atoms with E-state index < -0.39 is 0 Å². The first kappa shape index (κ1) is 12.1. The zero-order valence-electron chi connectivity index (χ0n) is 9.27. The molecule has 0 saturated carbocycles. The predicted octanol–water partition coefficient (Wildman–Crippen LogP) is 2.24. The normalized spacial score (nSPS) is 10.7. The van der Waals surface area contributed by atoms with Crippen molar-refractivity contribution in [1.82, 2.24) is 10.1 Å². The predicted molar refractivity (Wildman–Crippen MR) is 64.0 cm³/mol. The van der Waals surface area contributed by atoms with Gasteiger partial charge in [0, 0.05) is 24.5 Å². The number of halogens is 1. The SMILES string of the molecule is OCCCc1nc(Cc2cccc(Cl)c2)no1. The van der Waals surface area contributed by atoms with Crippen LogP contribution in [-0.2, 0) is 12.8 Å². The minimum atomic E-state index is 0.131. The summed E-state index contributed by atoms with van der Waals surface area (Å²) in [5.41, 5.74) is 1.05. The highest BCUT2D eigenvalue weighted by Gasteiger charge is 2.06. The summed E-state index contributed by atoms with van der Waals surface area (Å²) in [7, 11) is 0. The lowest BCUT2D eigenvalue weighted by atomic mass is 10.1. The lowest BCUT2D eigenvalue weighted by Crippen LogP contribution is -1.92. The van der Waals surface area contributed by atoms with Gasteiger partial charge in [-0.25, -0.2) is 0 Å². The number of aryl methyl sites for hydroxylation is 1. The van der Waals surface area contributed by atoms with Gasteiger partial charge >= 0.3 is 0 Å². The molecule has 0 amide bonds. The second-order valence-corrected chi connectivity index (χ2v) is 4.17. The number of aliphatic hydroxyl groups excluding tert-OH is 1. The third kappa shape index (κ3) is 3.54. The molecule has 4 nitrogen and oxygen atoms in total. The van der Waals surface area contributed by atoms with Gasteiger partial charge < -0.3 is 9.63 Å². The zero-order valence-corrected chi connectivity index (χ0v) is 10.0. The molecule has 90 valence electrons. The topological polar surface area (TPSA) is 59.2 Å². The third-order valence-corrected chi connectivity index (χ3v) is 2.55. The number of hydrogen-bond donors (Lipinski definition) is 1. The van der Waals surface area contributed by atoms with Crippen LogP contribution in [0.25, 0.3) is 0 Å². The Morgan fingerprint density at radius 2 is 2.24 bits per heavy atom. The van der Waals surface area contributed by atoms with Crippen molar-refractivity contribution in [2.24, 2.45) is 0 Å². The lowest BCUT2D eigenvalue weighted by Gasteiger charge is -1.96. The van der Waals surface area contributed by atoms with E-state index in [2.05, 4.69) is 10.1 Å². The Kier molecular flexibility index (Phi) is 4.12. The van der Waals surface area contributed by atoms with Crippen LogP contribution in [0.2, 0.25) is 5.02 Å². The standard InChI is InChI=1S/C12H13ClN2O2/c13-10-4-1-3-9(7-10)8-11-14-12(17-15-11)5-2-6-16/h1,3-4,7,16H,2,5-6,8H2. The van der Waals surface area contributed by atoms with Crippen LogP contribution in [0.5, 0.6) is 0 Å². The Morgan fingerprint density at radius 1 is 1.35 bits per heavy atom. The Morgan fingerprint density at radius 3 is 3.00 bits per heavy atom. The van der Waals surface area contributed by atoms with Crippen molar-refractivity contribution in [3.05, 3.63) is 46.6 Å². The average molecular weight is 253 g/mol. The van der Waals surface area contributed by atoms with Gasteiger partial charge in [-0.15, -0.1) is 0 Å². The molecule has 0 aliphatic rings. The van der Waals surface area contributed by atoms with E-state index in [1.165, 1.54) is 0 Å². The quantitative estimate of drug-likeness (QED) is 0.887. The van der Waals surface area contributed by atoms with Gasteiger partial charge in [-0.1, -0.05) is 28.9 Å². The van der Waals surface area contributed by atoms with Crippen molar-refractivity contribution in [3.8, 4) is 0 Å². The van der Waals surface area contributed by atoms with E-state index >= 15 is 0 Å². The molecular weight excluding hydrogens is 240 g/mol. The van der Waals surface area contributed by atoms with Crippen molar-refractivity contribution in [2.75, 3.05) is 6.61 Å². The van der Waals surface area contributed by atoms with Crippen molar-refractivity contribution < 1.29 is 9.63 Å². The van der Waals surface area contributed by atoms with E-state index in [1.54, 1.807) is 0 Å². The fraction of sp³-hybridized carbons (Fsp3) is 0.333. The van der Waals surface area contributed by atoms with Crippen LogP contribution in [0, 0.1) is 0 Å². The van der Waals surface area contributed by atoms with Crippen LogP contribution in [-0.4, -0.2) is 21.9 Å². The van der Waals surface area contributed by atoms with Crippen LogP contribution in [0.4, 0.5) is 0 Å². The van der Waals surface area contributed by atoms with E-state index in [1.807, 2.05) is 24.3 Å². The summed E-state index contributed by atoms with van der Waals surface area (Å²) in [6.07, 6.45) is 1.85. The molecule has 0 bridgehead atoms. The molecule has 0 aliphatic heterocycles. The summed E-state index contributed by atoms with van der Waals surface area (Å²) >= 11 is 5.89. The lowest BCUT2D eigenvalue weighted by molar-refractivity contribution is 0.278. The molecule has 0 radical (unpaired) electrons. The van der Waals surface area contributed by atoms with Crippen LogP contribution < -0.4 is 0 Å². The number of hydrogen-bond acceptors (Lipinski definition) is 4. The molecule has 2 rings (SSSR count). The summed E-state index contributed by atoms with van der Waals surface area (Å²) in [5.74, 6) is 1.20. The van der Waals surface area contributed by atoms with Gasteiger partial charge in [-0.05, 0) is 24.1 Å². The van der Waals surface area contributed by atoms with Crippen molar-refractivity contribution >= 4 is 11.6 Å². The Labute approximate surface area is 104 Å². The van der Waals surface area contributed by atoms with Gasteiger partial charge in [0.1, 0.15) is 0 Å². The molecule has 0 aliphatic carbocycles. The largest absolute Gasteiger partial charge is 0.396 e. The van der Waals surface area contributed by atoms with E-state index in [-0.39, 0.29) is 6.61 Å². The smallest absolute Gasteiger partial charge is 0.226 e. The monoisotopic (exact) mass is 252 g/mol. The molecule has 5 heteroatoms. The Balaban J connectivity index is 2.01. The van der Waals surface area contributed by atoms with Gasteiger partial charge in [0.15, 0.2) is 5.82 Å². The molecule has 0 spiro atoms. The molecule has 0 saturated heterocycles. The van der Waals surface area contributed by atoms with Gasteiger partial charge in [0.25, 0.3) is 0 Å². The summed E-state index contributed by atoms with van der Waals surface area (Å²) < 4.78 is 5.06. The number of nitrogens with zero attached hydrogens (tertiary/aromatic N) is 2. The summed E-state index contributed by atoms with van der Waals surface area (Å²) in [6, 6.07) is 7.57. The molecule has 1 aromatic heterocycles. The van der Waals surface area contributed by atoms with Gasteiger partial charge in [0.2, 0.25) is 5.89 Å². The highest BCUT2D eigenvalue weighted by atomic mass is 35.5. The molecule has 0 atom stereocenters. The fourth-order valence-electron chi connectivity index (χ4n) is 1.52. The molecule has 1 heterocycles. The summed E-state index contributed by atoms with van der Waals surface area (Å²) in [4.78, 5) is 4.24. The number of benzene rings is 1. The van der Waals surface area contributed by atoms with Crippen LogP contribution in [0.1, 0.15) is 23.7 Å². The fourth-order valence-corrected chi connectivity index (χ4v) is 1.74. The van der Waals surface area contributed by atoms with Crippen molar-refractivity contribution in [2.45, 2.75) is 19.3 Å². The minimum Gasteiger partial charge on any atom is -0.396 e. The molecule has 0 unspecified atom stereocenters. The second kappa shape index (κ2) is 5.80. The van der Waals surface area contributed by atoms with Crippen LogP contribution in [0.15, 0.2) is 28.8 Å². The number of aliphatic hydroxyl groups is 1. The minimum absolute atomic E-state index is 0.131. The highest BCUT2D eigenvalue weighted by molar-refractivity contribution is 6.30. The van der Waals surface area contributed by atoms with Crippen molar-refractivity contribution in [1.29, 1.82) is 0 Å². The van der Waals surface area contributed by atoms with E-state index in [4.69, 9.17) is 21.2 Å². The maximum Gasteiger partial charge on any atom is 0.226 e. The van der Waals surface area contributed by atoms with E-state index in [9.17, 15) is 0 Å². The van der Waals surface area contributed by atoms with E-state index in [0.717, 1.165) is 5.56 Å². The first-order chi connectivity index (χ1) is 8.28. The molecular formula is C12H13ClN2O2. The van der Waals surface area contributed by atoms with Gasteiger partial charge in [-0.3, -0.25) is 0 Å². The Bertz CT molecular complexity index is 485. The summed E-state index contributed by atoms with van der Waals surface area (Å²) in [5, 5.41) is 13.3. The Hall–Kier alpha value is -1.39. The highest BCUT2D eigenvalue weighted by Crippen LogP contribution is 2.13. The van der Waals surface area contributed by atoms with Crippen LogP contribution >= 0.6 is 11.6 Å². The first-order valence-electron chi connectivity index (χ1n) is 5.44. The van der Waals surface area contributed by atoms with E-state index in [0.29, 0.717) is 36.0 Å². The molecule has 0 fully saturated rings.